The Hall–Kier alpha value is -4.82. The van der Waals surface area contributed by atoms with Crippen molar-refractivity contribution >= 4 is 23.6 Å². The Balaban J connectivity index is 1.46. The van der Waals surface area contributed by atoms with Crippen molar-refractivity contribution < 1.29 is 4.57 Å². The van der Waals surface area contributed by atoms with E-state index < -0.39 is 13.3 Å². The molecule has 0 aliphatic heterocycles. The second-order valence-corrected chi connectivity index (χ2v) is 13.2. The van der Waals surface area contributed by atoms with Gasteiger partial charge in [0.15, 0.2) is 0 Å². The number of fused-ring (bicyclic) bond motifs is 3. The third-order valence-electron chi connectivity index (χ3n) is 8.10. The molecule has 0 amide bonds. The van der Waals surface area contributed by atoms with Crippen LogP contribution in [0.5, 0.6) is 0 Å². The average molecular weight is 575 g/mol. The van der Waals surface area contributed by atoms with E-state index in [4.69, 9.17) is 4.99 Å². The van der Waals surface area contributed by atoms with Crippen LogP contribution in [0.15, 0.2) is 175 Å². The summed E-state index contributed by atoms with van der Waals surface area (Å²) >= 11 is 0. The van der Waals surface area contributed by atoms with Crippen molar-refractivity contribution in [2.24, 2.45) is 4.99 Å². The maximum absolute atomic E-state index is 15.4. The zero-order valence-corrected chi connectivity index (χ0v) is 24.5. The van der Waals surface area contributed by atoms with Gasteiger partial charge in [0.25, 0.3) is 0 Å². The van der Waals surface area contributed by atoms with E-state index in [0.29, 0.717) is 0 Å². The van der Waals surface area contributed by atoms with Crippen LogP contribution in [0.1, 0.15) is 34.3 Å². The maximum atomic E-state index is 15.4. The molecule has 208 valence electrons. The standard InChI is InChI=1S/C39H31N2OP/c42-43(31-21-9-3-10-22-31,32-23-11-4-12-24-32)41-38(30-19-7-2-8-20-30)37(29-17-5-1-6-18-29)40-39-35-27-15-13-25-33(35)34-26-14-16-28-36(34)39/h1-28,37-38H,(H,41,42). The van der Waals surface area contributed by atoms with E-state index in [9.17, 15) is 0 Å². The fraction of sp³-hybridized carbons (Fsp3) is 0.0513. The highest BCUT2D eigenvalue weighted by Gasteiger charge is 2.36. The molecule has 1 N–H and O–H groups in total. The highest BCUT2D eigenvalue weighted by atomic mass is 31.2. The molecule has 0 spiro atoms. The van der Waals surface area contributed by atoms with Gasteiger partial charge in [-0.2, -0.15) is 0 Å². The molecule has 4 heteroatoms. The number of aliphatic imine (C=N–C) groups is 1. The van der Waals surface area contributed by atoms with E-state index >= 15 is 4.57 Å². The number of hydrogen-bond acceptors (Lipinski definition) is 2. The molecule has 43 heavy (non-hydrogen) atoms. The van der Waals surface area contributed by atoms with E-state index in [0.717, 1.165) is 38.6 Å². The fourth-order valence-corrected chi connectivity index (χ4v) is 8.48. The van der Waals surface area contributed by atoms with Crippen LogP contribution in [0.4, 0.5) is 0 Å². The van der Waals surface area contributed by atoms with Gasteiger partial charge in [0.2, 0.25) is 7.29 Å². The molecule has 2 unspecified atom stereocenters. The topological polar surface area (TPSA) is 41.5 Å². The first-order valence-corrected chi connectivity index (χ1v) is 16.3. The Labute approximate surface area is 253 Å². The third-order valence-corrected chi connectivity index (χ3v) is 10.8. The van der Waals surface area contributed by atoms with Gasteiger partial charge in [-0.1, -0.05) is 146 Å². The van der Waals surface area contributed by atoms with Crippen LogP contribution < -0.4 is 15.7 Å². The molecule has 3 nitrogen and oxygen atoms in total. The van der Waals surface area contributed by atoms with Gasteiger partial charge in [-0.15, -0.1) is 0 Å². The van der Waals surface area contributed by atoms with Crippen LogP contribution in [-0.2, 0) is 4.57 Å². The van der Waals surface area contributed by atoms with Crippen LogP contribution in [0.25, 0.3) is 11.1 Å². The van der Waals surface area contributed by atoms with E-state index in [1.165, 1.54) is 11.1 Å². The van der Waals surface area contributed by atoms with Crippen molar-refractivity contribution in [2.45, 2.75) is 12.1 Å². The van der Waals surface area contributed by atoms with Gasteiger partial charge in [0, 0.05) is 21.7 Å². The largest absolute Gasteiger partial charge is 0.297 e. The van der Waals surface area contributed by atoms with Crippen LogP contribution >= 0.6 is 7.29 Å². The molecule has 2 atom stereocenters. The number of hydrogen-bond donors (Lipinski definition) is 1. The Kier molecular flexibility index (Phi) is 7.43. The van der Waals surface area contributed by atoms with Crippen molar-refractivity contribution in [3.63, 3.8) is 0 Å². The molecule has 0 saturated carbocycles. The predicted molar refractivity (Wildman–Crippen MR) is 179 cm³/mol. The average Bonchev–Trinajstić information content (AvgIpc) is 3.41. The highest BCUT2D eigenvalue weighted by Crippen LogP contribution is 2.47. The molecule has 0 heterocycles. The first-order chi connectivity index (χ1) is 21.2. The van der Waals surface area contributed by atoms with E-state index in [1.54, 1.807) is 0 Å². The molecule has 6 aromatic carbocycles. The van der Waals surface area contributed by atoms with Crippen LogP contribution in [0.2, 0.25) is 0 Å². The lowest BCUT2D eigenvalue weighted by molar-refractivity contribution is 0.513. The van der Waals surface area contributed by atoms with Gasteiger partial charge >= 0.3 is 0 Å². The Morgan fingerprint density at radius 3 is 1.28 bits per heavy atom. The maximum Gasteiger partial charge on any atom is 0.205 e. The van der Waals surface area contributed by atoms with Crippen molar-refractivity contribution in [1.82, 2.24) is 5.09 Å². The zero-order chi connectivity index (χ0) is 29.1. The molecule has 6 aromatic rings. The van der Waals surface area contributed by atoms with E-state index in [2.05, 4.69) is 90.0 Å². The van der Waals surface area contributed by atoms with E-state index in [-0.39, 0.29) is 6.04 Å². The molecular formula is C39H31N2OP. The smallest absolute Gasteiger partial charge is 0.205 e. The van der Waals surface area contributed by atoms with Crippen molar-refractivity contribution in [2.75, 3.05) is 0 Å². The molecular weight excluding hydrogens is 543 g/mol. The summed E-state index contributed by atoms with van der Waals surface area (Å²) in [5.74, 6) is 0. The summed E-state index contributed by atoms with van der Waals surface area (Å²) in [4.78, 5) is 5.61. The first kappa shape index (κ1) is 27.0. The van der Waals surface area contributed by atoms with Gasteiger partial charge in [-0.3, -0.25) is 14.6 Å². The van der Waals surface area contributed by atoms with E-state index in [1.807, 2.05) is 84.9 Å². The molecule has 1 aliphatic rings. The molecule has 0 fully saturated rings. The molecule has 0 radical (unpaired) electrons. The Morgan fingerprint density at radius 2 is 0.814 bits per heavy atom. The zero-order valence-electron chi connectivity index (χ0n) is 23.6. The Bertz CT molecular complexity index is 1830. The summed E-state index contributed by atoms with van der Waals surface area (Å²) in [5, 5.41) is 5.27. The lowest BCUT2D eigenvalue weighted by Gasteiger charge is -2.32. The molecule has 0 aromatic heterocycles. The van der Waals surface area contributed by atoms with Gasteiger partial charge in [-0.05, 0) is 46.5 Å². The monoisotopic (exact) mass is 574 g/mol. The summed E-state index contributed by atoms with van der Waals surface area (Å²) in [5.41, 5.74) is 7.63. The minimum absolute atomic E-state index is 0.376. The van der Waals surface area contributed by atoms with Gasteiger partial charge in [-0.25, -0.2) is 0 Å². The molecule has 7 rings (SSSR count). The van der Waals surface area contributed by atoms with Crippen LogP contribution in [0.3, 0.4) is 0 Å². The fourth-order valence-electron chi connectivity index (χ4n) is 6.02. The third kappa shape index (κ3) is 5.19. The van der Waals surface area contributed by atoms with Crippen LogP contribution in [-0.4, -0.2) is 5.71 Å². The summed E-state index contributed by atoms with van der Waals surface area (Å²) in [6.45, 7) is 0. The summed E-state index contributed by atoms with van der Waals surface area (Å²) in [6.07, 6.45) is 0. The van der Waals surface area contributed by atoms with Gasteiger partial charge in [0.1, 0.15) is 0 Å². The number of nitrogens with zero attached hydrogens (tertiary/aromatic N) is 1. The van der Waals surface area contributed by atoms with Gasteiger partial charge in [0.05, 0.1) is 17.8 Å². The molecule has 0 bridgehead atoms. The van der Waals surface area contributed by atoms with Crippen LogP contribution in [0, 0.1) is 0 Å². The second-order valence-electron chi connectivity index (χ2n) is 10.7. The minimum Gasteiger partial charge on any atom is -0.297 e. The number of benzene rings is 6. The molecule has 1 aliphatic carbocycles. The summed E-state index contributed by atoms with van der Waals surface area (Å²) in [7, 11) is -3.32. The van der Waals surface area contributed by atoms with Crippen molar-refractivity contribution in [1.29, 1.82) is 0 Å². The second kappa shape index (κ2) is 11.8. The number of rotatable bonds is 8. The van der Waals surface area contributed by atoms with Crippen molar-refractivity contribution in [3.8, 4) is 11.1 Å². The lowest BCUT2D eigenvalue weighted by atomic mass is 9.94. The predicted octanol–water partition coefficient (Wildman–Crippen LogP) is 8.51. The SMILES string of the molecule is O=P(NC(c1ccccc1)C(N=C1c2ccccc2-c2ccccc21)c1ccccc1)(c1ccccc1)c1ccccc1. The highest BCUT2D eigenvalue weighted by molar-refractivity contribution is 7.76. The van der Waals surface area contributed by atoms with Crippen molar-refractivity contribution in [3.05, 3.63) is 192 Å². The summed E-state index contributed by atoms with van der Waals surface area (Å²) in [6, 6.07) is 56.4. The normalized spacial score (nSPS) is 13.5. The lowest BCUT2D eigenvalue weighted by Crippen LogP contribution is -2.33. The minimum atomic E-state index is -3.32. The first-order valence-electron chi connectivity index (χ1n) is 14.6. The quantitative estimate of drug-likeness (QED) is 0.185. The Morgan fingerprint density at radius 1 is 0.442 bits per heavy atom. The number of nitrogens with one attached hydrogen (secondary N) is 1. The molecule has 0 saturated heterocycles. The summed E-state index contributed by atoms with van der Waals surface area (Å²) < 4.78 is 15.4. The van der Waals surface area contributed by atoms with Gasteiger partial charge < -0.3 is 0 Å².